The Morgan fingerprint density at radius 2 is 2.08 bits per heavy atom. The second-order valence-corrected chi connectivity index (χ2v) is 4.14. The van der Waals surface area contributed by atoms with Gasteiger partial charge in [-0.15, -0.1) is 0 Å². The van der Waals surface area contributed by atoms with E-state index in [1.807, 2.05) is 18.5 Å². The van der Waals surface area contributed by atoms with Crippen LogP contribution in [-0.2, 0) is 4.28 Å². The summed E-state index contributed by atoms with van der Waals surface area (Å²) >= 11 is 1.15. The lowest BCUT2D eigenvalue weighted by Gasteiger charge is -2.33. The monoisotopic (exact) mass is 225 g/mol. The van der Waals surface area contributed by atoms with Crippen LogP contribution in [0, 0.1) is 5.92 Å². The van der Waals surface area contributed by atoms with Crippen molar-refractivity contribution in [2.45, 2.75) is 19.3 Å². The summed E-state index contributed by atoms with van der Waals surface area (Å²) < 4.78 is 6.36. The Morgan fingerprint density at radius 3 is 2.46 bits per heavy atom. The van der Waals surface area contributed by atoms with Crippen LogP contribution in [-0.4, -0.2) is 30.1 Å². The molecule has 0 amide bonds. The maximum Gasteiger partial charge on any atom is 0.119 e. The quantitative estimate of drug-likeness (QED) is 0.431. The number of hydrogen-bond acceptors (Lipinski definition) is 5. The van der Waals surface area contributed by atoms with Gasteiger partial charge in [-0.1, -0.05) is 6.42 Å². The number of hydrazine groups is 1. The zero-order chi connectivity index (χ0) is 8.97. The number of nitrogens with zero attached hydrogens (tertiary/aromatic N) is 2. The van der Waals surface area contributed by atoms with Gasteiger partial charge in [-0.05, 0) is 18.8 Å². The van der Waals surface area contributed by atoms with Crippen LogP contribution in [0.2, 0.25) is 0 Å². The molecule has 0 saturated heterocycles. The maximum absolute atomic E-state index is 4.94. The summed E-state index contributed by atoms with van der Waals surface area (Å²) in [5.74, 6) is 5.81. The highest BCUT2D eigenvalue weighted by Gasteiger charge is 2.20. The van der Waals surface area contributed by atoms with Gasteiger partial charge >= 0.3 is 0 Å². The van der Waals surface area contributed by atoms with Gasteiger partial charge < -0.3 is 0 Å². The first-order valence-electron chi connectivity index (χ1n) is 4.22. The van der Waals surface area contributed by atoms with Gasteiger partial charge in [0.2, 0.25) is 0 Å². The standard InChI is InChI=1S/C7H17N3OS.H2S/c1-9(10(2)12-11-8)6-7-4-3-5-7;/h7H,3-6,8H2,1-2H3;1H2. The summed E-state index contributed by atoms with van der Waals surface area (Å²) in [6.07, 6.45) is 4.13. The van der Waals surface area contributed by atoms with Gasteiger partial charge in [0.1, 0.15) is 12.2 Å². The van der Waals surface area contributed by atoms with Crippen LogP contribution in [0.15, 0.2) is 0 Å². The molecule has 1 aliphatic carbocycles. The second kappa shape index (κ2) is 6.92. The first-order valence-corrected chi connectivity index (χ1v) is 4.92. The molecule has 0 aromatic heterocycles. The SMILES string of the molecule is CN(CC1CCC1)N(C)SON.S. The van der Waals surface area contributed by atoms with Crippen molar-refractivity contribution < 1.29 is 4.28 Å². The zero-order valence-electron chi connectivity index (χ0n) is 8.19. The van der Waals surface area contributed by atoms with E-state index in [4.69, 9.17) is 5.90 Å². The Labute approximate surface area is 91.5 Å². The smallest absolute Gasteiger partial charge is 0.119 e. The van der Waals surface area contributed by atoms with E-state index >= 15 is 0 Å². The van der Waals surface area contributed by atoms with Crippen LogP contribution < -0.4 is 5.90 Å². The lowest BCUT2D eigenvalue weighted by molar-refractivity contribution is 0.0780. The fourth-order valence-electron chi connectivity index (χ4n) is 1.28. The van der Waals surface area contributed by atoms with Gasteiger partial charge in [-0.3, -0.25) is 0 Å². The summed E-state index contributed by atoms with van der Waals surface area (Å²) in [6.45, 7) is 1.10. The van der Waals surface area contributed by atoms with E-state index in [1.54, 1.807) is 0 Å². The number of nitrogens with two attached hydrogens (primary N) is 1. The van der Waals surface area contributed by atoms with E-state index in [0.29, 0.717) is 0 Å². The molecule has 2 N–H and O–H groups in total. The van der Waals surface area contributed by atoms with Crippen LogP contribution >= 0.6 is 25.7 Å². The molecular formula is C7H19N3OS2. The van der Waals surface area contributed by atoms with Gasteiger partial charge in [-0.2, -0.15) is 17.9 Å². The third-order valence-corrected chi connectivity index (χ3v) is 2.96. The van der Waals surface area contributed by atoms with Gasteiger partial charge in [-0.25, -0.2) is 15.2 Å². The molecule has 6 heteroatoms. The van der Waals surface area contributed by atoms with Gasteiger partial charge in [0.05, 0.1) is 0 Å². The maximum atomic E-state index is 4.94. The van der Waals surface area contributed by atoms with E-state index in [9.17, 15) is 0 Å². The average Bonchev–Trinajstić information content (AvgIpc) is 1.97. The average molecular weight is 225 g/mol. The summed E-state index contributed by atoms with van der Waals surface area (Å²) in [7, 11) is 3.99. The molecule has 0 spiro atoms. The molecule has 0 aromatic carbocycles. The summed E-state index contributed by atoms with van der Waals surface area (Å²) in [5.41, 5.74) is 0. The van der Waals surface area contributed by atoms with E-state index in [1.165, 1.54) is 19.3 Å². The zero-order valence-corrected chi connectivity index (χ0v) is 10.0. The third-order valence-electron chi connectivity index (χ3n) is 2.38. The number of hydrogen-bond donors (Lipinski definition) is 1. The van der Waals surface area contributed by atoms with Gasteiger partial charge in [0.25, 0.3) is 0 Å². The molecule has 0 unspecified atom stereocenters. The van der Waals surface area contributed by atoms with E-state index in [-0.39, 0.29) is 13.5 Å². The lowest BCUT2D eigenvalue weighted by Crippen LogP contribution is -2.37. The van der Waals surface area contributed by atoms with Crippen molar-refractivity contribution >= 4 is 25.7 Å². The highest BCUT2D eigenvalue weighted by atomic mass is 32.2. The Bertz CT molecular complexity index is 135. The molecule has 13 heavy (non-hydrogen) atoms. The van der Waals surface area contributed by atoms with Crippen LogP contribution in [0.1, 0.15) is 19.3 Å². The molecule has 0 heterocycles. The fraction of sp³-hybridized carbons (Fsp3) is 1.00. The van der Waals surface area contributed by atoms with Crippen molar-refractivity contribution in [3.05, 3.63) is 0 Å². The second-order valence-electron chi connectivity index (χ2n) is 3.27. The van der Waals surface area contributed by atoms with Crippen molar-refractivity contribution in [2.24, 2.45) is 11.8 Å². The first kappa shape index (κ1) is 13.5. The topological polar surface area (TPSA) is 41.7 Å². The van der Waals surface area contributed by atoms with Crippen molar-refractivity contribution in [2.75, 3.05) is 20.6 Å². The minimum atomic E-state index is 0. The fourth-order valence-corrected chi connectivity index (χ4v) is 1.59. The molecule has 1 saturated carbocycles. The highest BCUT2D eigenvalue weighted by molar-refractivity contribution is 7.92. The van der Waals surface area contributed by atoms with Crippen LogP contribution in [0.3, 0.4) is 0 Å². The Morgan fingerprint density at radius 1 is 1.46 bits per heavy atom. The molecule has 1 rings (SSSR count). The van der Waals surface area contributed by atoms with Crippen molar-refractivity contribution in [1.29, 1.82) is 0 Å². The molecule has 0 radical (unpaired) electrons. The normalized spacial score (nSPS) is 17.3. The predicted octanol–water partition coefficient (Wildman–Crippen LogP) is 1.13. The predicted molar refractivity (Wildman–Crippen MR) is 61.0 cm³/mol. The molecule has 0 aromatic rings. The van der Waals surface area contributed by atoms with Crippen LogP contribution in [0.4, 0.5) is 0 Å². The van der Waals surface area contributed by atoms with Crippen molar-refractivity contribution in [1.82, 2.24) is 9.42 Å². The van der Waals surface area contributed by atoms with Gasteiger partial charge in [0.15, 0.2) is 0 Å². The highest BCUT2D eigenvalue weighted by Crippen LogP contribution is 2.27. The van der Waals surface area contributed by atoms with Gasteiger partial charge in [0, 0.05) is 20.6 Å². The first-order chi connectivity index (χ1) is 5.74. The third kappa shape index (κ3) is 4.53. The summed E-state index contributed by atoms with van der Waals surface area (Å²) in [6, 6.07) is 0. The lowest BCUT2D eigenvalue weighted by atomic mass is 9.85. The molecule has 0 bridgehead atoms. The Kier molecular flexibility index (Phi) is 7.20. The van der Waals surface area contributed by atoms with E-state index in [0.717, 1.165) is 24.7 Å². The number of rotatable bonds is 5. The molecule has 4 nitrogen and oxygen atoms in total. The summed E-state index contributed by atoms with van der Waals surface area (Å²) in [4.78, 5) is 0. The molecule has 1 aliphatic rings. The Balaban J connectivity index is 0.00000144. The molecule has 0 aliphatic heterocycles. The summed E-state index contributed by atoms with van der Waals surface area (Å²) in [5, 5.41) is 2.13. The molecule has 80 valence electrons. The minimum absolute atomic E-state index is 0. The molecular weight excluding hydrogens is 206 g/mol. The largest absolute Gasteiger partial charge is 0.233 e. The van der Waals surface area contributed by atoms with Crippen molar-refractivity contribution in [3.63, 3.8) is 0 Å². The van der Waals surface area contributed by atoms with Crippen molar-refractivity contribution in [3.8, 4) is 0 Å². The van der Waals surface area contributed by atoms with Crippen LogP contribution in [0.5, 0.6) is 0 Å². The Hall–Kier alpha value is 0.540. The molecule has 0 atom stereocenters. The van der Waals surface area contributed by atoms with Crippen LogP contribution in [0.25, 0.3) is 0 Å². The minimum Gasteiger partial charge on any atom is -0.233 e. The van der Waals surface area contributed by atoms with E-state index in [2.05, 4.69) is 9.29 Å². The van der Waals surface area contributed by atoms with E-state index < -0.39 is 0 Å². The molecule has 1 fully saturated rings.